The van der Waals surface area contributed by atoms with Crippen LogP contribution in [-0.2, 0) is 14.3 Å². The number of ether oxygens (including phenoxy) is 2. The number of halogens is 2. The van der Waals surface area contributed by atoms with Crippen LogP contribution < -0.4 is 4.74 Å². The van der Waals surface area contributed by atoms with Crippen LogP contribution in [0.25, 0.3) is 0 Å². The Morgan fingerprint density at radius 1 is 1.06 bits per heavy atom. The molecule has 0 bridgehead atoms. The zero-order chi connectivity index (χ0) is 24.9. The molecule has 2 fully saturated rings. The lowest BCUT2D eigenvalue weighted by molar-refractivity contribution is -0.136. The molecule has 0 saturated carbocycles. The number of carbonyl (C=O) groups excluding carboxylic acids is 2. The van der Waals surface area contributed by atoms with Crippen molar-refractivity contribution in [2.24, 2.45) is 5.92 Å². The van der Waals surface area contributed by atoms with Crippen molar-refractivity contribution in [1.82, 2.24) is 14.7 Å². The minimum absolute atomic E-state index is 0.0215. The predicted octanol–water partition coefficient (Wildman–Crippen LogP) is 3.24. The monoisotopic (exact) mass is 503 g/mol. The van der Waals surface area contributed by atoms with E-state index in [9.17, 15) is 14.0 Å². The molecule has 2 aliphatic heterocycles. The first-order valence-corrected chi connectivity index (χ1v) is 12.1. The van der Waals surface area contributed by atoms with Crippen molar-refractivity contribution in [3.63, 3.8) is 0 Å². The molecule has 0 N–H and O–H groups in total. The molecule has 0 radical (unpaired) electrons. The number of hydrogen-bond donors (Lipinski definition) is 0. The molecule has 2 aliphatic rings. The lowest BCUT2D eigenvalue weighted by Crippen LogP contribution is -2.41. The number of nitrogens with zero attached hydrogens (tertiary/aromatic N) is 3. The molecule has 2 aromatic carbocycles. The van der Waals surface area contributed by atoms with E-state index in [1.807, 2.05) is 36.2 Å². The van der Waals surface area contributed by atoms with Gasteiger partial charge in [-0.15, -0.1) is 0 Å². The Labute approximate surface area is 210 Å². The zero-order valence-corrected chi connectivity index (χ0v) is 20.8. The summed E-state index contributed by atoms with van der Waals surface area (Å²) in [5, 5.41) is 0.663. The van der Waals surface area contributed by atoms with Gasteiger partial charge in [-0.05, 0) is 55.4 Å². The Hall–Kier alpha value is -2.68. The van der Waals surface area contributed by atoms with Crippen LogP contribution in [0.15, 0.2) is 48.5 Å². The van der Waals surface area contributed by atoms with Crippen LogP contribution >= 0.6 is 11.6 Å². The van der Waals surface area contributed by atoms with Gasteiger partial charge in [0.15, 0.2) is 0 Å². The second-order valence-electron chi connectivity index (χ2n) is 9.21. The van der Waals surface area contributed by atoms with Gasteiger partial charge >= 0.3 is 0 Å². The average Bonchev–Trinajstić information content (AvgIpc) is 3.52. The highest BCUT2D eigenvalue weighted by molar-refractivity contribution is 6.30. The van der Waals surface area contributed by atoms with Crippen LogP contribution in [0, 0.1) is 11.7 Å². The van der Waals surface area contributed by atoms with E-state index in [-0.39, 0.29) is 42.1 Å². The summed E-state index contributed by atoms with van der Waals surface area (Å²) in [6, 6.07) is 13.7. The lowest BCUT2D eigenvalue weighted by atomic mass is 9.94. The molecular weight excluding hydrogens is 473 g/mol. The van der Waals surface area contributed by atoms with Gasteiger partial charge < -0.3 is 19.3 Å². The lowest BCUT2D eigenvalue weighted by Gasteiger charge is -2.29. The molecule has 2 amide bonds. The zero-order valence-electron chi connectivity index (χ0n) is 20.0. The fourth-order valence-electron chi connectivity index (χ4n) is 4.91. The summed E-state index contributed by atoms with van der Waals surface area (Å²) >= 11 is 6.11. The van der Waals surface area contributed by atoms with E-state index in [0.717, 1.165) is 5.56 Å². The van der Waals surface area contributed by atoms with Gasteiger partial charge in [-0.1, -0.05) is 23.7 Å². The van der Waals surface area contributed by atoms with Crippen LogP contribution in [0.4, 0.5) is 4.39 Å². The molecule has 4 rings (SSSR count). The topological polar surface area (TPSA) is 62.3 Å². The molecule has 7 nitrogen and oxygen atoms in total. The number of likely N-dealkylation sites (N-methyl/N-ethyl adjacent to an activating group) is 1. The number of rotatable bonds is 8. The Kier molecular flexibility index (Phi) is 8.26. The number of amides is 2. The highest BCUT2D eigenvalue weighted by Crippen LogP contribution is 2.33. The van der Waals surface area contributed by atoms with Crippen molar-refractivity contribution in [3.05, 3.63) is 64.9 Å². The molecule has 0 aromatic heterocycles. The Balaban J connectivity index is 1.45. The fraction of sp³-hybridized carbons (Fsp3) is 0.462. The molecule has 0 aliphatic carbocycles. The van der Waals surface area contributed by atoms with Gasteiger partial charge in [-0.2, -0.15) is 0 Å². The standard InChI is InChI=1S/C26H31ClFN3O4/c1-29(17-35-22-9-7-21(28)8-10-22)24-15-31(14-23(24)18-3-5-20(27)6-4-18)26(33)19-11-12-30(13-19)25(32)16-34-2/h3-10,19,23-24H,11-17H2,1-2H3. The smallest absolute Gasteiger partial charge is 0.248 e. The van der Waals surface area contributed by atoms with Gasteiger partial charge in [0.25, 0.3) is 0 Å². The van der Waals surface area contributed by atoms with Gasteiger partial charge in [-0.25, -0.2) is 4.39 Å². The highest BCUT2D eigenvalue weighted by Gasteiger charge is 2.42. The summed E-state index contributed by atoms with van der Waals surface area (Å²) in [5.41, 5.74) is 1.10. The van der Waals surface area contributed by atoms with Crippen molar-refractivity contribution in [1.29, 1.82) is 0 Å². The third-order valence-electron chi connectivity index (χ3n) is 6.87. The van der Waals surface area contributed by atoms with E-state index in [1.165, 1.54) is 19.2 Å². The molecule has 2 saturated heterocycles. The summed E-state index contributed by atoms with van der Waals surface area (Å²) in [7, 11) is 3.46. The average molecular weight is 504 g/mol. The van der Waals surface area contributed by atoms with Crippen LogP contribution in [0.5, 0.6) is 5.75 Å². The Morgan fingerprint density at radius 2 is 1.77 bits per heavy atom. The van der Waals surface area contributed by atoms with Crippen molar-refractivity contribution < 1.29 is 23.5 Å². The van der Waals surface area contributed by atoms with E-state index in [2.05, 4.69) is 4.90 Å². The number of carbonyl (C=O) groups is 2. The van der Waals surface area contributed by atoms with Crippen LogP contribution in [0.2, 0.25) is 5.02 Å². The van der Waals surface area contributed by atoms with Crippen molar-refractivity contribution in [2.45, 2.75) is 18.4 Å². The quantitative estimate of drug-likeness (QED) is 0.518. The molecule has 35 heavy (non-hydrogen) atoms. The summed E-state index contributed by atoms with van der Waals surface area (Å²) in [4.78, 5) is 31.3. The van der Waals surface area contributed by atoms with Gasteiger partial charge in [0.05, 0.1) is 5.92 Å². The van der Waals surface area contributed by atoms with Crippen molar-refractivity contribution in [3.8, 4) is 5.75 Å². The maximum atomic E-state index is 13.4. The number of benzene rings is 2. The first kappa shape index (κ1) is 25.4. The molecule has 3 atom stereocenters. The largest absolute Gasteiger partial charge is 0.478 e. The van der Waals surface area contributed by atoms with E-state index in [4.69, 9.17) is 21.1 Å². The maximum absolute atomic E-state index is 13.4. The molecule has 2 aromatic rings. The van der Waals surface area contributed by atoms with Crippen LogP contribution in [0.3, 0.4) is 0 Å². The molecule has 3 unspecified atom stereocenters. The summed E-state index contributed by atoms with van der Waals surface area (Å²) in [6.45, 7) is 2.46. The maximum Gasteiger partial charge on any atom is 0.248 e. The predicted molar refractivity (Wildman–Crippen MR) is 131 cm³/mol. The normalized spacial score (nSPS) is 22.1. The van der Waals surface area contributed by atoms with E-state index in [1.54, 1.807) is 17.0 Å². The second-order valence-corrected chi connectivity index (χ2v) is 9.65. The third kappa shape index (κ3) is 6.12. The molecule has 188 valence electrons. The van der Waals surface area contributed by atoms with Gasteiger partial charge in [0, 0.05) is 50.3 Å². The fourth-order valence-corrected chi connectivity index (χ4v) is 5.04. The first-order valence-electron chi connectivity index (χ1n) is 11.7. The molecule has 0 spiro atoms. The van der Waals surface area contributed by atoms with E-state index < -0.39 is 0 Å². The summed E-state index contributed by atoms with van der Waals surface area (Å²) in [6.07, 6.45) is 0.657. The summed E-state index contributed by atoms with van der Waals surface area (Å²) < 4.78 is 24.0. The third-order valence-corrected chi connectivity index (χ3v) is 7.12. The number of hydrogen-bond acceptors (Lipinski definition) is 5. The second kappa shape index (κ2) is 11.4. The highest BCUT2D eigenvalue weighted by atomic mass is 35.5. The Morgan fingerprint density at radius 3 is 2.46 bits per heavy atom. The minimum Gasteiger partial charge on any atom is -0.478 e. The van der Waals surface area contributed by atoms with Crippen molar-refractivity contribution in [2.75, 3.05) is 53.7 Å². The Bertz CT molecular complexity index is 1020. The van der Waals surface area contributed by atoms with Crippen LogP contribution in [-0.4, -0.2) is 86.2 Å². The van der Waals surface area contributed by atoms with Gasteiger partial charge in [0.2, 0.25) is 11.8 Å². The minimum atomic E-state index is -0.312. The van der Waals surface area contributed by atoms with Crippen LogP contribution in [0.1, 0.15) is 17.9 Å². The molecule has 2 heterocycles. The number of likely N-dealkylation sites (tertiary alicyclic amines) is 2. The van der Waals surface area contributed by atoms with Gasteiger partial charge in [-0.3, -0.25) is 14.5 Å². The SMILES string of the molecule is COCC(=O)N1CCC(C(=O)N2CC(c3ccc(Cl)cc3)C(N(C)COc3ccc(F)cc3)C2)C1. The molecular formula is C26H31ClFN3O4. The van der Waals surface area contributed by atoms with E-state index in [0.29, 0.717) is 50.1 Å². The first-order chi connectivity index (χ1) is 16.9. The van der Waals surface area contributed by atoms with Crippen molar-refractivity contribution >= 4 is 23.4 Å². The number of methoxy groups -OCH3 is 1. The van der Waals surface area contributed by atoms with E-state index >= 15 is 0 Å². The summed E-state index contributed by atoms with van der Waals surface area (Å²) in [5.74, 6) is 0.129. The molecule has 9 heteroatoms. The van der Waals surface area contributed by atoms with Gasteiger partial charge in [0.1, 0.15) is 24.9 Å².